The summed E-state index contributed by atoms with van der Waals surface area (Å²) < 4.78 is 5.14. The van der Waals surface area contributed by atoms with Gasteiger partial charge in [0.1, 0.15) is 5.00 Å². The van der Waals surface area contributed by atoms with Gasteiger partial charge in [-0.3, -0.25) is 4.79 Å². The molecule has 0 saturated carbocycles. The molecule has 0 radical (unpaired) electrons. The highest BCUT2D eigenvalue weighted by Gasteiger charge is 2.19. The van der Waals surface area contributed by atoms with Gasteiger partial charge in [0.15, 0.2) is 0 Å². The smallest absolute Gasteiger partial charge is 0.341 e. The number of halogens is 1. The minimum Gasteiger partial charge on any atom is -0.462 e. The fourth-order valence-electron chi connectivity index (χ4n) is 2.73. The lowest BCUT2D eigenvalue weighted by Gasteiger charge is -2.06. The van der Waals surface area contributed by atoms with E-state index in [2.05, 4.69) is 5.32 Å². The third kappa shape index (κ3) is 5.21. The molecule has 0 saturated heterocycles. The van der Waals surface area contributed by atoms with Crippen LogP contribution in [0.15, 0.2) is 60.7 Å². The molecule has 2 aromatic carbocycles. The van der Waals surface area contributed by atoms with Gasteiger partial charge in [0.2, 0.25) is 5.91 Å². The lowest BCUT2D eigenvalue weighted by molar-refractivity contribution is -0.116. The Hall–Kier alpha value is -2.63. The number of rotatable bonds is 7. The van der Waals surface area contributed by atoms with Gasteiger partial charge in [-0.05, 0) is 42.7 Å². The average Bonchev–Trinajstić information content (AvgIpc) is 3.11. The molecule has 1 aromatic heterocycles. The molecule has 1 N–H and O–H groups in total. The van der Waals surface area contributed by atoms with Gasteiger partial charge >= 0.3 is 5.97 Å². The number of esters is 1. The van der Waals surface area contributed by atoms with Crippen molar-refractivity contribution >= 4 is 39.8 Å². The van der Waals surface area contributed by atoms with E-state index in [1.54, 1.807) is 19.1 Å². The number of anilines is 1. The van der Waals surface area contributed by atoms with Gasteiger partial charge in [-0.2, -0.15) is 0 Å². The number of amides is 1. The quantitative estimate of drug-likeness (QED) is 0.497. The molecule has 1 heterocycles. The van der Waals surface area contributed by atoms with Gasteiger partial charge in [-0.25, -0.2) is 4.79 Å². The first-order chi connectivity index (χ1) is 13.6. The summed E-state index contributed by atoms with van der Waals surface area (Å²) in [6, 6.07) is 18.9. The highest BCUT2D eigenvalue weighted by atomic mass is 35.5. The monoisotopic (exact) mass is 413 g/mol. The molecule has 0 aliphatic carbocycles. The summed E-state index contributed by atoms with van der Waals surface area (Å²) in [6.45, 7) is 2.03. The van der Waals surface area contributed by atoms with E-state index in [4.69, 9.17) is 16.3 Å². The molecule has 0 atom stereocenters. The first-order valence-corrected chi connectivity index (χ1v) is 10.2. The van der Waals surface area contributed by atoms with E-state index in [1.165, 1.54) is 11.3 Å². The van der Waals surface area contributed by atoms with Gasteiger partial charge in [0, 0.05) is 16.3 Å². The Labute approximate surface area is 173 Å². The van der Waals surface area contributed by atoms with E-state index in [0.717, 1.165) is 16.0 Å². The second kappa shape index (κ2) is 9.53. The van der Waals surface area contributed by atoms with E-state index in [9.17, 15) is 9.59 Å². The van der Waals surface area contributed by atoms with Crippen LogP contribution in [0.25, 0.3) is 10.4 Å². The second-order valence-electron chi connectivity index (χ2n) is 6.12. The summed E-state index contributed by atoms with van der Waals surface area (Å²) in [5, 5.41) is 4.02. The molecule has 0 aliphatic rings. The SMILES string of the molecule is CCOC(=O)c1cc(-c2ccccc2)sc1NC(=O)CCc1cccc(Cl)c1. The number of aryl methyl sites for hydroxylation is 1. The number of carbonyl (C=O) groups excluding carboxylic acids is 2. The Balaban J connectivity index is 1.76. The summed E-state index contributed by atoms with van der Waals surface area (Å²) in [6.07, 6.45) is 0.860. The van der Waals surface area contributed by atoms with Crippen molar-refractivity contribution in [2.75, 3.05) is 11.9 Å². The zero-order valence-corrected chi connectivity index (χ0v) is 17.0. The van der Waals surface area contributed by atoms with Crippen LogP contribution in [0.4, 0.5) is 5.00 Å². The van der Waals surface area contributed by atoms with Gasteiger partial charge in [0.25, 0.3) is 0 Å². The maximum absolute atomic E-state index is 12.5. The molecule has 0 spiro atoms. The maximum atomic E-state index is 12.5. The zero-order chi connectivity index (χ0) is 19.9. The molecule has 3 aromatic rings. The van der Waals surface area contributed by atoms with E-state index >= 15 is 0 Å². The van der Waals surface area contributed by atoms with Crippen LogP contribution in [0.2, 0.25) is 5.02 Å². The third-order valence-corrected chi connectivity index (χ3v) is 5.40. The molecule has 0 bridgehead atoms. The van der Waals surface area contributed by atoms with Crippen molar-refractivity contribution in [3.8, 4) is 10.4 Å². The number of ether oxygens (including phenoxy) is 1. The Morgan fingerprint density at radius 3 is 2.57 bits per heavy atom. The predicted octanol–water partition coefficient (Wildman–Crippen LogP) is 5.82. The predicted molar refractivity (Wildman–Crippen MR) is 114 cm³/mol. The van der Waals surface area contributed by atoms with Crippen LogP contribution in [0.1, 0.15) is 29.3 Å². The molecule has 0 unspecified atom stereocenters. The summed E-state index contributed by atoms with van der Waals surface area (Å²) in [4.78, 5) is 25.7. The van der Waals surface area contributed by atoms with Crippen molar-refractivity contribution in [1.29, 1.82) is 0 Å². The van der Waals surface area contributed by atoms with Crippen molar-refractivity contribution in [3.05, 3.63) is 76.8 Å². The molecule has 4 nitrogen and oxygen atoms in total. The van der Waals surface area contributed by atoms with Crippen molar-refractivity contribution < 1.29 is 14.3 Å². The van der Waals surface area contributed by atoms with Crippen LogP contribution < -0.4 is 5.32 Å². The molecular weight excluding hydrogens is 394 g/mol. The minimum atomic E-state index is -0.439. The van der Waals surface area contributed by atoms with Crippen LogP contribution in [-0.4, -0.2) is 18.5 Å². The van der Waals surface area contributed by atoms with Crippen LogP contribution in [0.3, 0.4) is 0 Å². The first-order valence-electron chi connectivity index (χ1n) is 8.97. The third-order valence-electron chi connectivity index (χ3n) is 4.07. The molecule has 144 valence electrons. The summed E-state index contributed by atoms with van der Waals surface area (Å²) in [7, 11) is 0. The summed E-state index contributed by atoms with van der Waals surface area (Å²) in [5.74, 6) is -0.599. The van der Waals surface area contributed by atoms with E-state index in [-0.39, 0.29) is 12.5 Å². The fourth-order valence-corrected chi connectivity index (χ4v) is 4.01. The Morgan fingerprint density at radius 2 is 1.86 bits per heavy atom. The molecule has 0 fully saturated rings. The van der Waals surface area contributed by atoms with Crippen LogP contribution in [0.5, 0.6) is 0 Å². The van der Waals surface area contributed by atoms with Crippen molar-refractivity contribution in [3.63, 3.8) is 0 Å². The van der Waals surface area contributed by atoms with Crippen molar-refractivity contribution in [1.82, 2.24) is 0 Å². The lowest BCUT2D eigenvalue weighted by atomic mass is 10.1. The highest BCUT2D eigenvalue weighted by Crippen LogP contribution is 2.36. The zero-order valence-electron chi connectivity index (χ0n) is 15.4. The molecule has 0 aliphatic heterocycles. The number of thiophene rings is 1. The molecule has 28 heavy (non-hydrogen) atoms. The minimum absolute atomic E-state index is 0.160. The topological polar surface area (TPSA) is 55.4 Å². The fraction of sp³-hybridized carbons (Fsp3) is 0.182. The Kier molecular flexibility index (Phi) is 6.85. The normalized spacial score (nSPS) is 10.5. The van der Waals surface area contributed by atoms with Gasteiger partial charge in [-0.1, -0.05) is 54.1 Å². The molecule has 3 rings (SSSR count). The van der Waals surface area contributed by atoms with Crippen LogP contribution >= 0.6 is 22.9 Å². The number of carbonyl (C=O) groups is 2. The van der Waals surface area contributed by atoms with Crippen LogP contribution in [0, 0.1) is 0 Å². The number of hydrogen-bond acceptors (Lipinski definition) is 4. The largest absolute Gasteiger partial charge is 0.462 e. The number of benzene rings is 2. The average molecular weight is 414 g/mol. The first kappa shape index (κ1) is 20.1. The Morgan fingerprint density at radius 1 is 1.07 bits per heavy atom. The number of hydrogen-bond donors (Lipinski definition) is 1. The molecule has 1 amide bonds. The van der Waals surface area contributed by atoms with E-state index in [1.807, 2.05) is 48.5 Å². The van der Waals surface area contributed by atoms with Crippen molar-refractivity contribution in [2.24, 2.45) is 0 Å². The maximum Gasteiger partial charge on any atom is 0.341 e. The van der Waals surface area contributed by atoms with Gasteiger partial charge < -0.3 is 10.1 Å². The standard InChI is InChI=1S/C22H20ClNO3S/c1-2-27-22(26)18-14-19(16-8-4-3-5-9-16)28-21(18)24-20(25)12-11-15-7-6-10-17(23)13-15/h3-10,13-14H,2,11-12H2,1H3,(H,24,25). The summed E-state index contributed by atoms with van der Waals surface area (Å²) >= 11 is 7.35. The van der Waals surface area contributed by atoms with E-state index < -0.39 is 5.97 Å². The second-order valence-corrected chi connectivity index (χ2v) is 7.61. The van der Waals surface area contributed by atoms with Crippen LogP contribution in [-0.2, 0) is 16.0 Å². The van der Waals surface area contributed by atoms with Gasteiger partial charge in [-0.15, -0.1) is 11.3 Å². The molecular formula is C22H20ClNO3S. The van der Waals surface area contributed by atoms with Gasteiger partial charge in [0.05, 0.1) is 12.2 Å². The number of nitrogens with one attached hydrogen (secondary N) is 1. The lowest BCUT2D eigenvalue weighted by Crippen LogP contribution is -2.14. The Bertz CT molecular complexity index is 969. The van der Waals surface area contributed by atoms with Crippen molar-refractivity contribution in [2.45, 2.75) is 19.8 Å². The summed E-state index contributed by atoms with van der Waals surface area (Å²) in [5.41, 5.74) is 2.35. The highest BCUT2D eigenvalue weighted by molar-refractivity contribution is 7.20. The van der Waals surface area contributed by atoms with E-state index in [0.29, 0.717) is 28.4 Å². The molecule has 6 heteroatoms.